The van der Waals surface area contributed by atoms with Gasteiger partial charge in [0.05, 0.1) is 22.9 Å². The van der Waals surface area contributed by atoms with Crippen molar-refractivity contribution in [3.8, 4) is 5.75 Å². The van der Waals surface area contributed by atoms with Crippen molar-refractivity contribution in [2.45, 2.75) is 57.0 Å². The second-order valence-corrected chi connectivity index (χ2v) is 10.1. The number of amides is 2. The molecule has 178 valence electrons. The van der Waals surface area contributed by atoms with E-state index in [1.807, 2.05) is 36.4 Å². The lowest BCUT2D eigenvalue weighted by Crippen LogP contribution is -2.50. The van der Waals surface area contributed by atoms with Crippen LogP contribution in [0.4, 0.5) is 0 Å². The van der Waals surface area contributed by atoms with Crippen molar-refractivity contribution in [3.63, 3.8) is 0 Å². The van der Waals surface area contributed by atoms with E-state index in [0.717, 1.165) is 42.6 Å². The zero-order valence-electron chi connectivity index (χ0n) is 19.0. The Morgan fingerprint density at radius 1 is 1.12 bits per heavy atom. The summed E-state index contributed by atoms with van der Waals surface area (Å²) >= 11 is 13.6. The first-order chi connectivity index (χ1) is 15.9. The SMILES string of the molecule is COc1cccc(CN(C(=O)CSCc2ccc(Cl)c(Cl)c2)[C@H](C)C(=O)NC2CCCC2)c1. The summed E-state index contributed by atoms with van der Waals surface area (Å²) in [5.41, 5.74) is 1.91. The average Bonchev–Trinajstić information content (AvgIpc) is 3.32. The van der Waals surface area contributed by atoms with Crippen LogP contribution in [0.2, 0.25) is 10.0 Å². The molecule has 5 nitrogen and oxygen atoms in total. The Morgan fingerprint density at radius 3 is 2.58 bits per heavy atom. The van der Waals surface area contributed by atoms with Gasteiger partial charge in [0.15, 0.2) is 0 Å². The minimum atomic E-state index is -0.574. The van der Waals surface area contributed by atoms with Gasteiger partial charge in [-0.1, -0.05) is 54.2 Å². The van der Waals surface area contributed by atoms with Crippen molar-refractivity contribution in [1.29, 1.82) is 0 Å². The highest BCUT2D eigenvalue weighted by Crippen LogP contribution is 2.25. The molecule has 0 saturated heterocycles. The molecule has 1 fully saturated rings. The lowest BCUT2D eigenvalue weighted by atomic mass is 10.1. The molecule has 1 atom stereocenters. The Labute approximate surface area is 210 Å². The molecule has 1 aliphatic rings. The lowest BCUT2D eigenvalue weighted by molar-refractivity contribution is -0.138. The number of rotatable bonds is 10. The Bertz CT molecular complexity index is 966. The second kappa shape index (κ2) is 12.5. The molecule has 0 aliphatic heterocycles. The molecule has 0 spiro atoms. The number of hydrogen-bond acceptors (Lipinski definition) is 4. The van der Waals surface area contributed by atoms with Crippen LogP contribution in [-0.4, -0.2) is 41.7 Å². The van der Waals surface area contributed by atoms with Crippen LogP contribution in [0, 0.1) is 0 Å². The molecule has 0 radical (unpaired) electrons. The highest BCUT2D eigenvalue weighted by Gasteiger charge is 2.28. The number of nitrogens with one attached hydrogen (secondary N) is 1. The van der Waals surface area contributed by atoms with E-state index in [1.165, 1.54) is 11.8 Å². The molecule has 33 heavy (non-hydrogen) atoms. The maximum Gasteiger partial charge on any atom is 0.242 e. The van der Waals surface area contributed by atoms with Gasteiger partial charge in [-0.2, -0.15) is 0 Å². The molecule has 0 aromatic heterocycles. The van der Waals surface area contributed by atoms with E-state index in [0.29, 0.717) is 22.3 Å². The van der Waals surface area contributed by atoms with Crippen LogP contribution in [-0.2, 0) is 21.9 Å². The zero-order valence-corrected chi connectivity index (χ0v) is 21.3. The number of nitrogens with zero attached hydrogens (tertiary/aromatic N) is 1. The van der Waals surface area contributed by atoms with Gasteiger partial charge in [0.1, 0.15) is 11.8 Å². The monoisotopic (exact) mass is 508 g/mol. The largest absolute Gasteiger partial charge is 0.497 e. The fraction of sp³-hybridized carbons (Fsp3) is 0.440. The lowest BCUT2D eigenvalue weighted by Gasteiger charge is -2.30. The Morgan fingerprint density at radius 2 is 1.88 bits per heavy atom. The van der Waals surface area contributed by atoms with Crippen LogP contribution in [0.1, 0.15) is 43.7 Å². The molecule has 2 amide bonds. The van der Waals surface area contributed by atoms with Crippen molar-refractivity contribution < 1.29 is 14.3 Å². The van der Waals surface area contributed by atoms with E-state index in [4.69, 9.17) is 27.9 Å². The molecular weight excluding hydrogens is 479 g/mol. The van der Waals surface area contributed by atoms with Crippen molar-refractivity contribution >= 4 is 46.8 Å². The number of carbonyl (C=O) groups excluding carboxylic acids is 2. The number of ether oxygens (including phenoxy) is 1. The fourth-order valence-electron chi connectivity index (χ4n) is 3.91. The van der Waals surface area contributed by atoms with Crippen molar-refractivity contribution in [3.05, 3.63) is 63.6 Å². The van der Waals surface area contributed by atoms with E-state index >= 15 is 0 Å². The summed E-state index contributed by atoms with van der Waals surface area (Å²) in [6.45, 7) is 2.13. The quantitative estimate of drug-likeness (QED) is 0.446. The van der Waals surface area contributed by atoms with Gasteiger partial charge in [0, 0.05) is 18.3 Å². The first-order valence-corrected chi connectivity index (χ1v) is 13.0. The molecule has 0 unspecified atom stereocenters. The smallest absolute Gasteiger partial charge is 0.242 e. The van der Waals surface area contributed by atoms with E-state index < -0.39 is 6.04 Å². The fourth-order valence-corrected chi connectivity index (χ4v) is 5.09. The average molecular weight is 509 g/mol. The van der Waals surface area contributed by atoms with E-state index in [1.54, 1.807) is 25.0 Å². The van der Waals surface area contributed by atoms with Gasteiger partial charge in [-0.15, -0.1) is 11.8 Å². The van der Waals surface area contributed by atoms with Crippen LogP contribution < -0.4 is 10.1 Å². The van der Waals surface area contributed by atoms with Gasteiger partial charge in [-0.05, 0) is 55.2 Å². The van der Waals surface area contributed by atoms with Crippen LogP contribution in [0.15, 0.2) is 42.5 Å². The maximum atomic E-state index is 13.2. The third-order valence-electron chi connectivity index (χ3n) is 5.83. The molecule has 1 N–H and O–H groups in total. The summed E-state index contributed by atoms with van der Waals surface area (Å²) in [7, 11) is 1.61. The summed E-state index contributed by atoms with van der Waals surface area (Å²) in [6.07, 6.45) is 4.28. The normalized spacial score (nSPS) is 14.7. The van der Waals surface area contributed by atoms with E-state index in [-0.39, 0.29) is 23.6 Å². The van der Waals surface area contributed by atoms with Gasteiger partial charge < -0.3 is 15.0 Å². The molecular formula is C25H30Cl2N2O3S. The van der Waals surface area contributed by atoms with Crippen LogP contribution >= 0.6 is 35.0 Å². The van der Waals surface area contributed by atoms with Crippen molar-refractivity contribution in [2.24, 2.45) is 0 Å². The van der Waals surface area contributed by atoms with Gasteiger partial charge in [0.25, 0.3) is 0 Å². The van der Waals surface area contributed by atoms with Gasteiger partial charge in [-0.3, -0.25) is 9.59 Å². The van der Waals surface area contributed by atoms with Gasteiger partial charge in [-0.25, -0.2) is 0 Å². The van der Waals surface area contributed by atoms with Crippen LogP contribution in [0.25, 0.3) is 0 Å². The summed E-state index contributed by atoms with van der Waals surface area (Å²) in [6, 6.07) is 12.7. The van der Waals surface area contributed by atoms with Gasteiger partial charge in [0.2, 0.25) is 11.8 Å². The van der Waals surface area contributed by atoms with Crippen LogP contribution in [0.5, 0.6) is 5.75 Å². The Hall–Kier alpha value is -1.89. The Balaban J connectivity index is 1.67. The molecule has 2 aromatic carbocycles. The molecule has 1 saturated carbocycles. The highest BCUT2D eigenvalue weighted by atomic mass is 35.5. The van der Waals surface area contributed by atoms with Crippen molar-refractivity contribution in [2.75, 3.05) is 12.9 Å². The molecule has 8 heteroatoms. The van der Waals surface area contributed by atoms with Gasteiger partial charge >= 0.3 is 0 Å². The number of thioether (sulfide) groups is 1. The number of hydrogen-bond donors (Lipinski definition) is 1. The summed E-state index contributed by atoms with van der Waals surface area (Å²) in [5, 5.41) is 4.13. The predicted molar refractivity (Wildman–Crippen MR) is 136 cm³/mol. The summed E-state index contributed by atoms with van der Waals surface area (Å²) in [5.74, 6) is 1.41. The summed E-state index contributed by atoms with van der Waals surface area (Å²) in [4.78, 5) is 27.9. The minimum Gasteiger partial charge on any atom is -0.497 e. The topological polar surface area (TPSA) is 58.6 Å². The number of benzene rings is 2. The zero-order chi connectivity index (χ0) is 23.8. The second-order valence-electron chi connectivity index (χ2n) is 8.28. The molecule has 0 heterocycles. The number of methoxy groups -OCH3 is 1. The predicted octanol–water partition coefficient (Wildman–Crippen LogP) is 5.71. The van der Waals surface area contributed by atoms with E-state index in [9.17, 15) is 9.59 Å². The molecule has 0 bridgehead atoms. The van der Waals surface area contributed by atoms with E-state index in [2.05, 4.69) is 5.32 Å². The molecule has 1 aliphatic carbocycles. The Kier molecular flexibility index (Phi) is 9.78. The third-order valence-corrected chi connectivity index (χ3v) is 7.56. The highest BCUT2D eigenvalue weighted by molar-refractivity contribution is 7.99. The molecule has 2 aromatic rings. The standard InChI is InChI=1S/C25H30Cl2N2O3S/c1-17(25(31)28-20-7-3-4-8-20)29(14-18-6-5-9-21(12-18)32-2)24(30)16-33-15-19-10-11-22(26)23(27)13-19/h5-6,9-13,17,20H,3-4,7-8,14-16H2,1-2H3,(H,28,31)/t17-/m1/s1. The first-order valence-electron chi connectivity index (χ1n) is 11.1. The third kappa shape index (κ3) is 7.56. The van der Waals surface area contributed by atoms with Crippen LogP contribution in [0.3, 0.4) is 0 Å². The minimum absolute atomic E-state index is 0.0862. The maximum absolute atomic E-state index is 13.2. The molecule has 3 rings (SSSR count). The summed E-state index contributed by atoms with van der Waals surface area (Å²) < 4.78 is 5.32. The first kappa shape index (κ1) is 25.7. The number of carbonyl (C=O) groups is 2. The van der Waals surface area contributed by atoms with Crippen molar-refractivity contribution in [1.82, 2.24) is 10.2 Å². The number of halogens is 2.